The van der Waals surface area contributed by atoms with Gasteiger partial charge in [-0.3, -0.25) is 0 Å². The standard InChI is InChI=1S/C16H24BrN/c1-12(14-7-4-3-5-8-14)18-13(2)15-9-6-10-16(17)11-15/h6,9-14,18H,3-5,7-8H2,1-2H3. The summed E-state index contributed by atoms with van der Waals surface area (Å²) in [5.74, 6) is 0.869. The number of benzene rings is 1. The fourth-order valence-corrected chi connectivity index (χ4v) is 3.45. The Labute approximate surface area is 119 Å². The molecule has 0 heterocycles. The molecule has 1 aliphatic rings. The molecule has 1 aliphatic carbocycles. The molecule has 2 heteroatoms. The molecule has 2 unspecified atom stereocenters. The van der Waals surface area contributed by atoms with E-state index in [-0.39, 0.29) is 0 Å². The van der Waals surface area contributed by atoms with Crippen LogP contribution in [-0.4, -0.2) is 6.04 Å². The lowest BCUT2D eigenvalue weighted by molar-refractivity contribution is 0.268. The molecule has 0 bridgehead atoms. The Bertz CT molecular complexity index is 371. The highest BCUT2D eigenvalue weighted by Crippen LogP contribution is 2.28. The second-order valence-electron chi connectivity index (χ2n) is 5.63. The summed E-state index contributed by atoms with van der Waals surface area (Å²) in [5, 5.41) is 3.77. The predicted molar refractivity (Wildman–Crippen MR) is 81.7 cm³/mol. The van der Waals surface area contributed by atoms with Crippen LogP contribution >= 0.6 is 15.9 Å². The Morgan fingerprint density at radius 3 is 2.56 bits per heavy atom. The zero-order chi connectivity index (χ0) is 13.0. The monoisotopic (exact) mass is 309 g/mol. The first-order valence-corrected chi connectivity index (χ1v) is 7.97. The lowest BCUT2D eigenvalue weighted by atomic mass is 9.84. The van der Waals surface area contributed by atoms with Crippen LogP contribution in [0.5, 0.6) is 0 Å². The minimum Gasteiger partial charge on any atom is -0.307 e. The molecule has 18 heavy (non-hydrogen) atoms. The maximum Gasteiger partial charge on any atom is 0.0294 e. The molecule has 0 saturated heterocycles. The molecule has 2 atom stereocenters. The second-order valence-corrected chi connectivity index (χ2v) is 6.55. The van der Waals surface area contributed by atoms with Gasteiger partial charge in [0.2, 0.25) is 0 Å². The fourth-order valence-electron chi connectivity index (χ4n) is 3.04. The third-order valence-corrected chi connectivity index (χ3v) is 4.71. The quantitative estimate of drug-likeness (QED) is 0.819. The Morgan fingerprint density at radius 1 is 1.17 bits per heavy atom. The van der Waals surface area contributed by atoms with Crippen LogP contribution in [-0.2, 0) is 0 Å². The summed E-state index contributed by atoms with van der Waals surface area (Å²) < 4.78 is 1.17. The van der Waals surface area contributed by atoms with E-state index in [0.717, 1.165) is 5.92 Å². The van der Waals surface area contributed by atoms with Gasteiger partial charge in [-0.2, -0.15) is 0 Å². The molecule has 1 aromatic rings. The van der Waals surface area contributed by atoms with Gasteiger partial charge < -0.3 is 5.32 Å². The third-order valence-electron chi connectivity index (χ3n) is 4.22. The van der Waals surface area contributed by atoms with Crippen LogP contribution < -0.4 is 5.32 Å². The summed E-state index contributed by atoms with van der Waals surface area (Å²) in [6, 6.07) is 9.67. The van der Waals surface area contributed by atoms with Gasteiger partial charge in [0.25, 0.3) is 0 Å². The predicted octanol–water partition coefficient (Wildman–Crippen LogP) is 5.07. The van der Waals surface area contributed by atoms with Crippen LogP contribution in [0.15, 0.2) is 28.7 Å². The first-order chi connectivity index (χ1) is 8.66. The maximum atomic E-state index is 3.77. The number of rotatable bonds is 4. The van der Waals surface area contributed by atoms with Gasteiger partial charge in [0.05, 0.1) is 0 Å². The maximum absolute atomic E-state index is 3.77. The molecule has 0 aliphatic heterocycles. The van der Waals surface area contributed by atoms with Gasteiger partial charge >= 0.3 is 0 Å². The average molecular weight is 310 g/mol. The normalized spacial score (nSPS) is 20.6. The van der Waals surface area contributed by atoms with Crippen molar-refractivity contribution in [3.05, 3.63) is 34.3 Å². The van der Waals surface area contributed by atoms with Crippen LogP contribution in [0.4, 0.5) is 0 Å². The minimum absolute atomic E-state index is 0.430. The van der Waals surface area contributed by atoms with E-state index >= 15 is 0 Å². The van der Waals surface area contributed by atoms with E-state index in [2.05, 4.69) is 59.4 Å². The van der Waals surface area contributed by atoms with Gasteiger partial charge in [0.1, 0.15) is 0 Å². The van der Waals surface area contributed by atoms with Gasteiger partial charge in [-0.25, -0.2) is 0 Å². The zero-order valence-corrected chi connectivity index (χ0v) is 13.0. The van der Waals surface area contributed by atoms with Crippen molar-refractivity contribution >= 4 is 15.9 Å². The molecule has 1 fully saturated rings. The molecule has 2 rings (SSSR count). The number of hydrogen-bond acceptors (Lipinski definition) is 1. The van der Waals surface area contributed by atoms with E-state index in [1.807, 2.05) is 0 Å². The van der Waals surface area contributed by atoms with Crippen LogP contribution in [0, 0.1) is 5.92 Å². The molecular weight excluding hydrogens is 286 g/mol. The summed E-state index contributed by atoms with van der Waals surface area (Å²) in [5.41, 5.74) is 1.37. The number of halogens is 1. The first kappa shape index (κ1) is 14.1. The van der Waals surface area contributed by atoms with E-state index < -0.39 is 0 Å². The highest BCUT2D eigenvalue weighted by atomic mass is 79.9. The van der Waals surface area contributed by atoms with Crippen molar-refractivity contribution in [1.82, 2.24) is 5.32 Å². The Balaban J connectivity index is 1.91. The highest BCUT2D eigenvalue weighted by molar-refractivity contribution is 9.10. The van der Waals surface area contributed by atoms with Crippen molar-refractivity contribution in [2.45, 2.75) is 58.0 Å². The van der Waals surface area contributed by atoms with E-state index in [4.69, 9.17) is 0 Å². The lowest BCUT2D eigenvalue weighted by Crippen LogP contribution is -2.36. The average Bonchev–Trinajstić information content (AvgIpc) is 2.39. The molecule has 1 aromatic carbocycles. The van der Waals surface area contributed by atoms with Crippen molar-refractivity contribution in [1.29, 1.82) is 0 Å². The van der Waals surface area contributed by atoms with Crippen molar-refractivity contribution in [3.8, 4) is 0 Å². The Morgan fingerprint density at radius 2 is 1.89 bits per heavy atom. The van der Waals surface area contributed by atoms with Gasteiger partial charge in [-0.15, -0.1) is 0 Å². The Kier molecular flexibility index (Phi) is 5.25. The molecule has 100 valence electrons. The third kappa shape index (κ3) is 3.83. The molecule has 0 spiro atoms. The number of hydrogen-bond donors (Lipinski definition) is 1. The van der Waals surface area contributed by atoms with E-state index in [9.17, 15) is 0 Å². The van der Waals surface area contributed by atoms with Crippen LogP contribution in [0.2, 0.25) is 0 Å². The number of nitrogens with one attached hydrogen (secondary N) is 1. The van der Waals surface area contributed by atoms with E-state index in [1.165, 1.54) is 42.1 Å². The molecular formula is C16H24BrN. The zero-order valence-electron chi connectivity index (χ0n) is 11.5. The van der Waals surface area contributed by atoms with Crippen molar-refractivity contribution in [2.24, 2.45) is 5.92 Å². The summed E-state index contributed by atoms with van der Waals surface area (Å²) >= 11 is 3.55. The molecule has 1 nitrogen and oxygen atoms in total. The van der Waals surface area contributed by atoms with E-state index in [1.54, 1.807) is 0 Å². The largest absolute Gasteiger partial charge is 0.307 e. The molecule has 1 saturated carbocycles. The van der Waals surface area contributed by atoms with Crippen molar-refractivity contribution < 1.29 is 0 Å². The smallest absolute Gasteiger partial charge is 0.0294 e. The summed E-state index contributed by atoms with van der Waals surface area (Å²) in [6.45, 7) is 4.62. The van der Waals surface area contributed by atoms with Crippen molar-refractivity contribution in [3.63, 3.8) is 0 Å². The van der Waals surface area contributed by atoms with Crippen LogP contribution in [0.3, 0.4) is 0 Å². The lowest BCUT2D eigenvalue weighted by Gasteiger charge is -2.30. The SMILES string of the molecule is CC(NC(C)C1CCCCC1)c1cccc(Br)c1. The highest BCUT2D eigenvalue weighted by Gasteiger charge is 2.21. The molecule has 0 amide bonds. The van der Waals surface area contributed by atoms with Crippen LogP contribution in [0.25, 0.3) is 0 Å². The van der Waals surface area contributed by atoms with Gasteiger partial charge in [0, 0.05) is 16.6 Å². The fraction of sp³-hybridized carbons (Fsp3) is 0.625. The molecule has 0 radical (unpaired) electrons. The summed E-state index contributed by atoms with van der Waals surface area (Å²) in [7, 11) is 0. The first-order valence-electron chi connectivity index (χ1n) is 7.18. The molecule has 1 N–H and O–H groups in total. The summed E-state index contributed by atoms with van der Waals surface area (Å²) in [6.07, 6.45) is 7.08. The summed E-state index contributed by atoms with van der Waals surface area (Å²) in [4.78, 5) is 0. The Hall–Kier alpha value is -0.340. The van der Waals surface area contributed by atoms with Crippen LogP contribution in [0.1, 0.15) is 57.6 Å². The van der Waals surface area contributed by atoms with Gasteiger partial charge in [0.15, 0.2) is 0 Å². The molecule has 0 aromatic heterocycles. The topological polar surface area (TPSA) is 12.0 Å². The second kappa shape index (κ2) is 6.72. The minimum atomic E-state index is 0.430. The van der Waals surface area contributed by atoms with Crippen molar-refractivity contribution in [2.75, 3.05) is 0 Å². The van der Waals surface area contributed by atoms with Gasteiger partial charge in [-0.1, -0.05) is 47.3 Å². The van der Waals surface area contributed by atoms with Gasteiger partial charge in [-0.05, 0) is 50.3 Å². The van der Waals surface area contributed by atoms with E-state index in [0.29, 0.717) is 12.1 Å².